The molecular weight excluding hydrogens is 304 g/mol. The predicted molar refractivity (Wildman–Crippen MR) is 78.7 cm³/mol. The van der Waals surface area contributed by atoms with Crippen molar-refractivity contribution in [2.75, 3.05) is 7.11 Å². The van der Waals surface area contributed by atoms with Gasteiger partial charge in [0.25, 0.3) is 5.09 Å². The lowest BCUT2D eigenvalue weighted by Crippen LogP contribution is -2.05. The molecule has 0 aliphatic carbocycles. The summed E-state index contributed by atoms with van der Waals surface area (Å²) in [5, 5.41) is 9.31. The molecule has 0 spiro atoms. The molecule has 0 bridgehead atoms. The summed E-state index contributed by atoms with van der Waals surface area (Å²) < 4.78 is 10.8. The zero-order valence-electron chi connectivity index (χ0n) is 12.3. The Bertz CT molecular complexity index is 704. The Morgan fingerprint density at radius 3 is 2.57 bits per heavy atom. The molecule has 0 aliphatic heterocycles. The third kappa shape index (κ3) is 4.67. The summed E-state index contributed by atoms with van der Waals surface area (Å²) >= 11 is 0. The second-order valence-corrected chi connectivity index (χ2v) is 4.43. The Kier molecular flexibility index (Phi) is 5.45. The Balaban J connectivity index is 2.07. The first-order chi connectivity index (χ1) is 11.1. The van der Waals surface area contributed by atoms with E-state index in [1.165, 1.54) is 7.11 Å². The number of aldehydes is 1. The molecule has 0 atom stereocenters. The molecule has 0 fully saturated rings. The average molecular weight is 318 g/mol. The SMILES string of the molecule is COc1ccc(C=O)cc1OCc1cccc(CO[N+](=O)[O-])n1. The minimum absolute atomic E-state index is 0.116. The fourth-order valence-electron chi connectivity index (χ4n) is 1.84. The number of hydrogen-bond acceptors (Lipinski definition) is 7. The van der Waals surface area contributed by atoms with Crippen LogP contribution in [0, 0.1) is 10.1 Å². The van der Waals surface area contributed by atoms with Crippen LogP contribution in [-0.2, 0) is 18.1 Å². The fraction of sp³-hybridized carbons (Fsp3) is 0.200. The van der Waals surface area contributed by atoms with Gasteiger partial charge in [-0.15, -0.1) is 10.1 Å². The molecule has 120 valence electrons. The molecule has 8 heteroatoms. The molecule has 0 radical (unpaired) electrons. The highest BCUT2D eigenvalue weighted by Gasteiger charge is 2.07. The second-order valence-electron chi connectivity index (χ2n) is 4.43. The molecule has 2 rings (SSSR count). The van der Waals surface area contributed by atoms with Crippen LogP contribution in [0.15, 0.2) is 36.4 Å². The normalized spacial score (nSPS) is 9.96. The molecular formula is C15H14N2O6. The standard InChI is InChI=1S/C15H14N2O6/c1-21-14-6-5-11(8-18)7-15(14)22-9-12-3-2-4-13(16-12)10-23-17(19)20/h2-8H,9-10H2,1H3. The van der Waals surface area contributed by atoms with E-state index < -0.39 is 5.09 Å². The van der Waals surface area contributed by atoms with Gasteiger partial charge in [-0.05, 0) is 30.3 Å². The Morgan fingerprint density at radius 2 is 1.91 bits per heavy atom. The van der Waals surface area contributed by atoms with E-state index in [9.17, 15) is 14.9 Å². The van der Waals surface area contributed by atoms with E-state index in [-0.39, 0.29) is 13.2 Å². The number of hydrogen-bond donors (Lipinski definition) is 0. The van der Waals surface area contributed by atoms with Crippen molar-refractivity contribution in [2.45, 2.75) is 13.2 Å². The molecule has 1 heterocycles. The van der Waals surface area contributed by atoms with E-state index in [4.69, 9.17) is 9.47 Å². The molecule has 2 aromatic rings. The summed E-state index contributed by atoms with van der Waals surface area (Å²) in [6, 6.07) is 9.83. The highest BCUT2D eigenvalue weighted by atomic mass is 16.9. The molecule has 23 heavy (non-hydrogen) atoms. The Hall–Kier alpha value is -3.16. The van der Waals surface area contributed by atoms with Crippen LogP contribution in [0.2, 0.25) is 0 Å². The van der Waals surface area contributed by atoms with E-state index in [0.717, 1.165) is 0 Å². The molecule has 0 saturated carbocycles. The van der Waals surface area contributed by atoms with Crippen molar-refractivity contribution in [1.29, 1.82) is 0 Å². The van der Waals surface area contributed by atoms with Crippen LogP contribution >= 0.6 is 0 Å². The topological polar surface area (TPSA) is 101 Å². The zero-order valence-corrected chi connectivity index (χ0v) is 12.3. The summed E-state index contributed by atoms with van der Waals surface area (Å²) in [5.41, 5.74) is 1.44. The minimum Gasteiger partial charge on any atom is -0.493 e. The number of benzene rings is 1. The van der Waals surface area contributed by atoms with Crippen molar-refractivity contribution in [1.82, 2.24) is 4.98 Å². The van der Waals surface area contributed by atoms with E-state index in [1.54, 1.807) is 36.4 Å². The molecule has 0 unspecified atom stereocenters. The van der Waals surface area contributed by atoms with Gasteiger partial charge >= 0.3 is 0 Å². The zero-order chi connectivity index (χ0) is 16.7. The Morgan fingerprint density at radius 1 is 1.17 bits per heavy atom. The number of methoxy groups -OCH3 is 1. The van der Waals surface area contributed by atoms with E-state index in [0.29, 0.717) is 34.7 Å². The largest absolute Gasteiger partial charge is 0.493 e. The van der Waals surface area contributed by atoms with Gasteiger partial charge in [-0.2, -0.15) is 0 Å². The van der Waals surface area contributed by atoms with Gasteiger partial charge in [-0.25, -0.2) is 0 Å². The van der Waals surface area contributed by atoms with Crippen LogP contribution in [0.5, 0.6) is 11.5 Å². The van der Waals surface area contributed by atoms with E-state index >= 15 is 0 Å². The lowest BCUT2D eigenvalue weighted by Gasteiger charge is -2.11. The van der Waals surface area contributed by atoms with E-state index in [1.807, 2.05) is 0 Å². The molecule has 0 aliphatic rings. The maximum absolute atomic E-state index is 10.8. The smallest absolute Gasteiger partial charge is 0.294 e. The van der Waals surface area contributed by atoms with Gasteiger partial charge in [0, 0.05) is 5.56 Å². The number of ether oxygens (including phenoxy) is 2. The van der Waals surface area contributed by atoms with Gasteiger partial charge in [-0.1, -0.05) is 6.07 Å². The van der Waals surface area contributed by atoms with Gasteiger partial charge < -0.3 is 14.3 Å². The summed E-state index contributed by atoms with van der Waals surface area (Å²) in [6.45, 7) is -0.115. The number of carbonyl (C=O) groups is 1. The highest BCUT2D eigenvalue weighted by molar-refractivity contribution is 5.76. The van der Waals surface area contributed by atoms with Gasteiger partial charge in [-0.3, -0.25) is 9.78 Å². The summed E-state index contributed by atoms with van der Waals surface area (Å²) in [5.74, 6) is 0.897. The molecule has 1 aromatic heterocycles. The molecule has 8 nitrogen and oxygen atoms in total. The number of rotatable bonds is 8. The first-order valence-corrected chi connectivity index (χ1v) is 6.60. The fourth-order valence-corrected chi connectivity index (χ4v) is 1.84. The first kappa shape index (κ1) is 16.2. The van der Waals surface area contributed by atoms with Crippen LogP contribution < -0.4 is 9.47 Å². The van der Waals surface area contributed by atoms with E-state index in [2.05, 4.69) is 9.82 Å². The van der Waals surface area contributed by atoms with Crippen molar-refractivity contribution in [2.24, 2.45) is 0 Å². The predicted octanol–water partition coefficient (Wildman–Crippen LogP) is 2.19. The maximum atomic E-state index is 10.8. The molecule has 0 amide bonds. The lowest BCUT2D eigenvalue weighted by atomic mass is 10.2. The van der Waals surface area contributed by atoms with Crippen molar-refractivity contribution in [3.8, 4) is 11.5 Å². The summed E-state index contributed by atoms with van der Waals surface area (Å²) in [4.78, 5) is 29.5. The molecule has 0 saturated heterocycles. The molecule has 1 aromatic carbocycles. The quantitative estimate of drug-likeness (QED) is 0.417. The third-order valence-electron chi connectivity index (χ3n) is 2.88. The average Bonchev–Trinajstić information content (AvgIpc) is 2.58. The number of aromatic nitrogens is 1. The van der Waals surface area contributed by atoms with Crippen molar-refractivity contribution in [3.63, 3.8) is 0 Å². The second kappa shape index (κ2) is 7.74. The van der Waals surface area contributed by atoms with Crippen LogP contribution in [0.3, 0.4) is 0 Å². The highest BCUT2D eigenvalue weighted by Crippen LogP contribution is 2.28. The van der Waals surface area contributed by atoms with Crippen molar-refractivity contribution < 1.29 is 24.2 Å². The Labute approximate surface area is 131 Å². The minimum atomic E-state index is -0.874. The molecule has 0 N–H and O–H groups in total. The van der Waals surface area contributed by atoms with Gasteiger partial charge in [0.1, 0.15) is 19.5 Å². The van der Waals surface area contributed by atoms with Crippen LogP contribution in [-0.4, -0.2) is 23.5 Å². The number of carbonyl (C=O) groups excluding carboxylic acids is 1. The van der Waals surface area contributed by atoms with Gasteiger partial charge in [0.2, 0.25) is 0 Å². The monoisotopic (exact) mass is 318 g/mol. The number of nitrogens with zero attached hydrogens (tertiary/aromatic N) is 2. The summed E-state index contributed by atoms with van der Waals surface area (Å²) in [7, 11) is 1.50. The van der Waals surface area contributed by atoms with Crippen molar-refractivity contribution >= 4 is 6.29 Å². The number of pyridine rings is 1. The first-order valence-electron chi connectivity index (χ1n) is 6.60. The third-order valence-corrected chi connectivity index (χ3v) is 2.88. The maximum Gasteiger partial charge on any atom is 0.294 e. The lowest BCUT2D eigenvalue weighted by molar-refractivity contribution is -0.763. The van der Waals surface area contributed by atoms with Crippen molar-refractivity contribution in [3.05, 3.63) is 63.5 Å². The van der Waals surface area contributed by atoms with Crippen LogP contribution in [0.1, 0.15) is 21.7 Å². The van der Waals surface area contributed by atoms with Gasteiger partial charge in [0.05, 0.1) is 18.5 Å². The van der Waals surface area contributed by atoms with Gasteiger partial charge in [0.15, 0.2) is 11.5 Å². The van der Waals surface area contributed by atoms with Crippen LogP contribution in [0.4, 0.5) is 0 Å². The summed E-state index contributed by atoms with van der Waals surface area (Å²) in [6.07, 6.45) is 0.708. The van der Waals surface area contributed by atoms with Crippen LogP contribution in [0.25, 0.3) is 0 Å².